The molecule has 1 heterocycles. The number of nitrogens with zero attached hydrogens (tertiary/aromatic N) is 2. The molecule has 1 aromatic carbocycles. The number of benzene rings is 1. The van der Waals surface area contributed by atoms with Crippen LogP contribution < -0.4 is 5.32 Å². The van der Waals surface area contributed by atoms with Crippen molar-refractivity contribution in [3.05, 3.63) is 45.5 Å². The lowest BCUT2D eigenvalue weighted by Gasteiger charge is -2.08. The molecule has 0 bridgehead atoms. The van der Waals surface area contributed by atoms with Crippen LogP contribution in [0.1, 0.15) is 5.56 Å². The average Bonchev–Trinajstić information content (AvgIpc) is 2.66. The molecule has 2 aromatic rings. The molecule has 84 valence electrons. The van der Waals surface area contributed by atoms with Crippen molar-refractivity contribution in [2.24, 2.45) is 7.05 Å². The average molecular weight is 301 g/mol. The van der Waals surface area contributed by atoms with Crippen LogP contribution in [-0.2, 0) is 13.6 Å². The summed E-state index contributed by atoms with van der Waals surface area (Å²) >= 11 is 9.52. The first-order chi connectivity index (χ1) is 7.66. The molecule has 0 aliphatic carbocycles. The fraction of sp³-hybridized carbons (Fsp3) is 0.182. The predicted molar refractivity (Wildman–Crippen MR) is 69.7 cm³/mol. The second kappa shape index (κ2) is 4.89. The van der Waals surface area contributed by atoms with Crippen molar-refractivity contribution in [2.75, 3.05) is 5.32 Å². The fourth-order valence-corrected chi connectivity index (χ4v) is 2.00. The van der Waals surface area contributed by atoms with Gasteiger partial charge in [0, 0.05) is 29.2 Å². The molecule has 16 heavy (non-hydrogen) atoms. The van der Waals surface area contributed by atoms with Crippen LogP contribution in [0.3, 0.4) is 0 Å². The van der Waals surface area contributed by atoms with Gasteiger partial charge in [0.05, 0.1) is 6.20 Å². The molecule has 0 radical (unpaired) electrons. The first kappa shape index (κ1) is 11.5. The van der Waals surface area contributed by atoms with Crippen LogP contribution in [0, 0.1) is 0 Å². The Labute approximate surface area is 108 Å². The van der Waals surface area contributed by atoms with Gasteiger partial charge >= 0.3 is 0 Å². The summed E-state index contributed by atoms with van der Waals surface area (Å²) < 4.78 is 2.81. The molecule has 0 aliphatic rings. The van der Waals surface area contributed by atoms with Gasteiger partial charge in [-0.25, -0.2) is 0 Å². The molecule has 0 saturated heterocycles. The quantitative estimate of drug-likeness (QED) is 0.941. The highest BCUT2D eigenvalue weighted by atomic mass is 79.9. The number of hydrogen-bond acceptors (Lipinski definition) is 2. The van der Waals surface area contributed by atoms with Crippen LogP contribution in [0.5, 0.6) is 0 Å². The molecule has 0 aliphatic heterocycles. The monoisotopic (exact) mass is 299 g/mol. The van der Waals surface area contributed by atoms with Crippen LogP contribution >= 0.6 is 27.5 Å². The van der Waals surface area contributed by atoms with Crippen molar-refractivity contribution in [1.82, 2.24) is 9.78 Å². The van der Waals surface area contributed by atoms with Crippen LogP contribution in [0.25, 0.3) is 0 Å². The Kier molecular flexibility index (Phi) is 3.51. The summed E-state index contributed by atoms with van der Waals surface area (Å²) in [4.78, 5) is 0. The summed E-state index contributed by atoms with van der Waals surface area (Å²) in [6.07, 6.45) is 1.75. The van der Waals surface area contributed by atoms with Gasteiger partial charge in [-0.3, -0.25) is 4.68 Å². The Balaban J connectivity index is 2.10. The molecule has 5 heteroatoms. The molecule has 0 amide bonds. The molecule has 0 spiro atoms. The molecular weight excluding hydrogens is 289 g/mol. The molecular formula is C11H11BrClN3. The predicted octanol–water partition coefficient (Wildman–Crippen LogP) is 3.45. The third kappa shape index (κ3) is 2.57. The van der Waals surface area contributed by atoms with E-state index in [1.165, 1.54) is 0 Å². The zero-order valence-electron chi connectivity index (χ0n) is 8.74. The number of aryl methyl sites for hydroxylation is 1. The summed E-state index contributed by atoms with van der Waals surface area (Å²) in [5.41, 5.74) is 1.05. The highest BCUT2D eigenvalue weighted by Gasteiger charge is 2.02. The Bertz CT molecular complexity index is 496. The lowest BCUT2D eigenvalue weighted by molar-refractivity contribution is 0.769. The Morgan fingerprint density at radius 2 is 2.25 bits per heavy atom. The molecule has 1 N–H and O–H groups in total. The summed E-state index contributed by atoms with van der Waals surface area (Å²) in [5, 5.41) is 8.12. The topological polar surface area (TPSA) is 29.9 Å². The third-order valence-corrected chi connectivity index (χ3v) is 3.15. The Hall–Kier alpha value is -1.000. The zero-order chi connectivity index (χ0) is 11.5. The van der Waals surface area contributed by atoms with Gasteiger partial charge in [0.15, 0.2) is 0 Å². The second-order valence-electron chi connectivity index (χ2n) is 3.43. The Morgan fingerprint density at radius 1 is 1.44 bits per heavy atom. The van der Waals surface area contributed by atoms with E-state index in [4.69, 9.17) is 11.6 Å². The van der Waals surface area contributed by atoms with E-state index in [1.54, 1.807) is 10.9 Å². The molecule has 0 saturated carbocycles. The van der Waals surface area contributed by atoms with Gasteiger partial charge in [0.25, 0.3) is 0 Å². The standard InChI is InChI=1S/C11H11BrClN3/c1-16-11(4-5-15-16)14-7-8-6-9(12)2-3-10(8)13/h2-6,14H,7H2,1H3. The van der Waals surface area contributed by atoms with Crippen LogP contribution in [-0.4, -0.2) is 9.78 Å². The third-order valence-electron chi connectivity index (χ3n) is 2.29. The van der Waals surface area contributed by atoms with Crippen LogP contribution in [0.15, 0.2) is 34.9 Å². The number of nitrogens with one attached hydrogen (secondary N) is 1. The largest absolute Gasteiger partial charge is 0.366 e. The van der Waals surface area contributed by atoms with Gasteiger partial charge < -0.3 is 5.32 Å². The van der Waals surface area contributed by atoms with Crippen molar-refractivity contribution < 1.29 is 0 Å². The van der Waals surface area contributed by atoms with Gasteiger partial charge in [-0.05, 0) is 23.8 Å². The fourth-order valence-electron chi connectivity index (χ4n) is 1.41. The summed E-state index contributed by atoms with van der Waals surface area (Å²) in [6, 6.07) is 7.74. The van der Waals surface area contributed by atoms with E-state index < -0.39 is 0 Å². The number of aromatic nitrogens is 2. The number of rotatable bonds is 3. The van der Waals surface area contributed by atoms with Crippen LogP contribution in [0.2, 0.25) is 5.02 Å². The minimum atomic E-state index is 0.678. The van der Waals surface area contributed by atoms with Crippen LogP contribution in [0.4, 0.5) is 5.82 Å². The maximum atomic E-state index is 6.09. The molecule has 1 aromatic heterocycles. The van der Waals surface area contributed by atoms with Gasteiger partial charge in [-0.15, -0.1) is 0 Å². The molecule has 3 nitrogen and oxygen atoms in total. The molecule has 0 unspecified atom stereocenters. The van der Waals surface area contributed by atoms with Crippen molar-refractivity contribution in [3.8, 4) is 0 Å². The maximum absolute atomic E-state index is 6.09. The van der Waals surface area contributed by atoms with E-state index in [0.29, 0.717) is 6.54 Å². The highest BCUT2D eigenvalue weighted by molar-refractivity contribution is 9.10. The highest BCUT2D eigenvalue weighted by Crippen LogP contribution is 2.21. The summed E-state index contributed by atoms with van der Waals surface area (Å²) in [6.45, 7) is 0.678. The van der Waals surface area contributed by atoms with Gasteiger partial charge in [0.1, 0.15) is 5.82 Å². The smallest absolute Gasteiger partial charge is 0.124 e. The summed E-state index contributed by atoms with van der Waals surface area (Å²) in [7, 11) is 1.89. The summed E-state index contributed by atoms with van der Waals surface area (Å²) in [5.74, 6) is 0.969. The molecule has 0 atom stereocenters. The molecule has 0 fully saturated rings. The molecule has 2 rings (SSSR count). The van der Waals surface area contributed by atoms with Gasteiger partial charge in [-0.1, -0.05) is 27.5 Å². The van der Waals surface area contributed by atoms with E-state index in [1.807, 2.05) is 31.3 Å². The SMILES string of the molecule is Cn1nccc1NCc1cc(Br)ccc1Cl. The van der Waals surface area contributed by atoms with E-state index in [-0.39, 0.29) is 0 Å². The van der Waals surface area contributed by atoms with E-state index in [9.17, 15) is 0 Å². The van der Waals surface area contributed by atoms with Crippen molar-refractivity contribution in [3.63, 3.8) is 0 Å². The van der Waals surface area contributed by atoms with E-state index in [0.717, 1.165) is 20.9 Å². The lowest BCUT2D eigenvalue weighted by atomic mass is 10.2. The number of halogens is 2. The van der Waals surface area contributed by atoms with Gasteiger partial charge in [0.2, 0.25) is 0 Å². The van der Waals surface area contributed by atoms with Gasteiger partial charge in [-0.2, -0.15) is 5.10 Å². The van der Waals surface area contributed by atoms with E-state index in [2.05, 4.69) is 26.3 Å². The number of hydrogen-bond donors (Lipinski definition) is 1. The lowest BCUT2D eigenvalue weighted by Crippen LogP contribution is -2.04. The minimum absolute atomic E-state index is 0.678. The first-order valence-electron chi connectivity index (χ1n) is 4.82. The van der Waals surface area contributed by atoms with E-state index >= 15 is 0 Å². The van der Waals surface area contributed by atoms with Crippen molar-refractivity contribution in [2.45, 2.75) is 6.54 Å². The van der Waals surface area contributed by atoms with Crippen molar-refractivity contribution >= 4 is 33.3 Å². The second-order valence-corrected chi connectivity index (χ2v) is 4.75. The Morgan fingerprint density at radius 3 is 2.94 bits per heavy atom. The normalized spacial score (nSPS) is 10.4. The number of anilines is 1. The minimum Gasteiger partial charge on any atom is -0.366 e. The maximum Gasteiger partial charge on any atom is 0.124 e. The zero-order valence-corrected chi connectivity index (χ0v) is 11.1. The van der Waals surface area contributed by atoms with Crippen molar-refractivity contribution in [1.29, 1.82) is 0 Å². The first-order valence-corrected chi connectivity index (χ1v) is 6.00.